The van der Waals surface area contributed by atoms with E-state index in [1.165, 1.54) is 0 Å². The molecule has 2 heterocycles. The van der Waals surface area contributed by atoms with Gasteiger partial charge < -0.3 is 15.7 Å². The van der Waals surface area contributed by atoms with Gasteiger partial charge in [-0.25, -0.2) is 4.98 Å². The number of nitrogen functional groups attached to an aromatic ring is 1. The van der Waals surface area contributed by atoms with Crippen molar-refractivity contribution < 1.29 is 10.0 Å². The van der Waals surface area contributed by atoms with Gasteiger partial charge in [-0.2, -0.15) is 4.98 Å². The summed E-state index contributed by atoms with van der Waals surface area (Å²) in [5.41, 5.74) is 5.39. The molecule has 8 heteroatoms. The quantitative estimate of drug-likeness (QED) is 0.604. The number of aromatic nitrogens is 2. The smallest absolute Gasteiger partial charge is 0.329 e. The van der Waals surface area contributed by atoms with Crippen LogP contribution < -0.4 is 10.6 Å². The number of nitrogens with two attached hydrogens (primary N) is 1. The maximum Gasteiger partial charge on any atom is 0.329 e. The molecule has 1 fully saturated rings. The van der Waals surface area contributed by atoms with Gasteiger partial charge in [0.25, 0.3) is 0 Å². The predicted molar refractivity (Wildman–Crippen MR) is 69.7 cm³/mol. The van der Waals surface area contributed by atoms with Crippen molar-refractivity contribution in [3.05, 3.63) is 16.3 Å². The van der Waals surface area contributed by atoms with Crippen LogP contribution in [0.4, 0.5) is 17.5 Å². The van der Waals surface area contributed by atoms with Crippen molar-refractivity contribution in [2.75, 3.05) is 30.3 Å². The summed E-state index contributed by atoms with van der Waals surface area (Å²) in [7, 11) is 0. The fourth-order valence-electron chi connectivity index (χ4n) is 2.42. The SMILES string of the molecule is Nc1ncc([N+](=O)[O-])c(N2CCCC(CCO)C2)n1. The summed E-state index contributed by atoms with van der Waals surface area (Å²) in [6.45, 7) is 1.49. The molecule has 1 aromatic rings. The van der Waals surface area contributed by atoms with E-state index < -0.39 is 4.92 Å². The highest BCUT2D eigenvalue weighted by molar-refractivity contribution is 5.58. The third kappa shape index (κ3) is 3.08. The highest BCUT2D eigenvalue weighted by atomic mass is 16.6. The van der Waals surface area contributed by atoms with Gasteiger partial charge in [-0.05, 0) is 25.2 Å². The van der Waals surface area contributed by atoms with Gasteiger partial charge in [-0.15, -0.1) is 0 Å². The second-order valence-corrected chi connectivity index (χ2v) is 4.66. The first-order valence-corrected chi connectivity index (χ1v) is 6.24. The number of piperidine rings is 1. The highest BCUT2D eigenvalue weighted by Gasteiger charge is 2.27. The van der Waals surface area contributed by atoms with E-state index in [9.17, 15) is 10.1 Å². The van der Waals surface area contributed by atoms with Crippen LogP contribution in [0.3, 0.4) is 0 Å². The van der Waals surface area contributed by atoms with Gasteiger partial charge in [-0.1, -0.05) is 0 Å². The second kappa shape index (κ2) is 5.79. The Morgan fingerprint density at radius 1 is 1.63 bits per heavy atom. The van der Waals surface area contributed by atoms with E-state index in [0.29, 0.717) is 25.4 Å². The zero-order valence-electron chi connectivity index (χ0n) is 10.5. The molecule has 0 bridgehead atoms. The maximum atomic E-state index is 11.0. The summed E-state index contributed by atoms with van der Waals surface area (Å²) in [5, 5.41) is 20.0. The fraction of sp³-hybridized carbons (Fsp3) is 0.636. The molecule has 19 heavy (non-hydrogen) atoms. The molecule has 104 valence electrons. The van der Waals surface area contributed by atoms with Crippen molar-refractivity contribution >= 4 is 17.5 Å². The Hall–Kier alpha value is -1.96. The van der Waals surface area contributed by atoms with E-state index in [2.05, 4.69) is 9.97 Å². The number of anilines is 2. The van der Waals surface area contributed by atoms with Gasteiger partial charge in [0.2, 0.25) is 11.8 Å². The molecular weight excluding hydrogens is 250 g/mol. The summed E-state index contributed by atoms with van der Waals surface area (Å²) >= 11 is 0. The lowest BCUT2D eigenvalue weighted by atomic mass is 9.95. The van der Waals surface area contributed by atoms with Crippen LogP contribution in [0.5, 0.6) is 0 Å². The molecule has 1 aromatic heterocycles. The average molecular weight is 267 g/mol. The number of aliphatic hydroxyl groups excluding tert-OH is 1. The Bertz CT molecular complexity index is 466. The molecule has 1 unspecified atom stereocenters. The second-order valence-electron chi connectivity index (χ2n) is 4.66. The van der Waals surface area contributed by atoms with Crippen LogP contribution in [-0.2, 0) is 0 Å². The van der Waals surface area contributed by atoms with Crippen LogP contribution >= 0.6 is 0 Å². The van der Waals surface area contributed by atoms with Gasteiger partial charge in [0.1, 0.15) is 6.20 Å². The van der Waals surface area contributed by atoms with Crippen molar-refractivity contribution in [1.82, 2.24) is 9.97 Å². The summed E-state index contributed by atoms with van der Waals surface area (Å²) < 4.78 is 0. The lowest BCUT2D eigenvalue weighted by Gasteiger charge is -2.32. The van der Waals surface area contributed by atoms with Crippen molar-refractivity contribution in [3.8, 4) is 0 Å². The van der Waals surface area contributed by atoms with E-state index in [4.69, 9.17) is 10.8 Å². The molecule has 0 aromatic carbocycles. The number of rotatable bonds is 4. The van der Waals surface area contributed by atoms with Crippen molar-refractivity contribution in [1.29, 1.82) is 0 Å². The molecule has 3 N–H and O–H groups in total. The monoisotopic (exact) mass is 267 g/mol. The standard InChI is InChI=1S/C11H17N5O3/c12-11-13-6-9(16(18)19)10(14-11)15-4-1-2-8(7-15)3-5-17/h6,8,17H,1-5,7H2,(H2,12,13,14). The number of hydrogen-bond donors (Lipinski definition) is 2. The third-order valence-electron chi connectivity index (χ3n) is 3.32. The van der Waals surface area contributed by atoms with E-state index in [1.54, 1.807) is 0 Å². The van der Waals surface area contributed by atoms with E-state index in [1.807, 2.05) is 4.90 Å². The molecule has 0 aliphatic carbocycles. The van der Waals surface area contributed by atoms with Crippen LogP contribution in [0.25, 0.3) is 0 Å². The third-order valence-corrected chi connectivity index (χ3v) is 3.32. The Balaban J connectivity index is 2.24. The minimum Gasteiger partial charge on any atom is -0.396 e. The van der Waals surface area contributed by atoms with Crippen LogP contribution in [0.1, 0.15) is 19.3 Å². The first-order chi connectivity index (χ1) is 9.11. The van der Waals surface area contributed by atoms with Crippen LogP contribution in [0.2, 0.25) is 0 Å². The van der Waals surface area contributed by atoms with Gasteiger partial charge >= 0.3 is 5.69 Å². The molecule has 8 nitrogen and oxygen atoms in total. The summed E-state index contributed by atoms with van der Waals surface area (Å²) in [6.07, 6.45) is 3.79. The van der Waals surface area contributed by atoms with Crippen LogP contribution in [0, 0.1) is 16.0 Å². The number of nitro groups is 1. The largest absolute Gasteiger partial charge is 0.396 e. The molecule has 0 spiro atoms. The van der Waals surface area contributed by atoms with Crippen molar-refractivity contribution in [3.63, 3.8) is 0 Å². The predicted octanol–water partition coefficient (Wildman–Crippen LogP) is 0.566. The number of nitrogens with zero attached hydrogens (tertiary/aromatic N) is 4. The molecule has 0 radical (unpaired) electrons. The molecule has 0 saturated carbocycles. The highest BCUT2D eigenvalue weighted by Crippen LogP contribution is 2.30. The van der Waals surface area contributed by atoms with Crippen molar-refractivity contribution in [2.45, 2.75) is 19.3 Å². The van der Waals surface area contributed by atoms with Crippen LogP contribution in [0.15, 0.2) is 6.20 Å². The molecule has 2 rings (SSSR count). The molecule has 1 saturated heterocycles. The Morgan fingerprint density at radius 3 is 3.11 bits per heavy atom. The van der Waals surface area contributed by atoms with Crippen LogP contribution in [-0.4, -0.2) is 39.7 Å². The lowest BCUT2D eigenvalue weighted by molar-refractivity contribution is -0.384. The molecule has 0 amide bonds. The first-order valence-electron chi connectivity index (χ1n) is 6.24. The van der Waals surface area contributed by atoms with E-state index >= 15 is 0 Å². The minimum atomic E-state index is -0.496. The molecule has 1 aliphatic heterocycles. The Kier molecular flexibility index (Phi) is 4.10. The Morgan fingerprint density at radius 2 is 2.42 bits per heavy atom. The normalized spacial score (nSPS) is 19.4. The average Bonchev–Trinajstić information content (AvgIpc) is 2.39. The fourth-order valence-corrected chi connectivity index (χ4v) is 2.42. The van der Waals surface area contributed by atoms with Gasteiger partial charge in [0.05, 0.1) is 4.92 Å². The van der Waals surface area contributed by atoms with Gasteiger partial charge in [0, 0.05) is 19.7 Å². The summed E-state index contributed by atoms with van der Waals surface area (Å²) in [4.78, 5) is 20.0. The van der Waals surface area contributed by atoms with Crippen molar-refractivity contribution in [2.24, 2.45) is 5.92 Å². The Labute approximate surface area is 110 Å². The summed E-state index contributed by atoms with van der Waals surface area (Å²) in [5.74, 6) is 0.638. The summed E-state index contributed by atoms with van der Waals surface area (Å²) in [6, 6.07) is 0. The molecular formula is C11H17N5O3. The van der Waals surface area contributed by atoms with Gasteiger partial charge in [0.15, 0.2) is 0 Å². The molecule has 1 atom stereocenters. The van der Waals surface area contributed by atoms with E-state index in [0.717, 1.165) is 19.0 Å². The number of aliphatic hydroxyl groups is 1. The molecule has 1 aliphatic rings. The number of hydrogen-bond acceptors (Lipinski definition) is 7. The maximum absolute atomic E-state index is 11.0. The lowest BCUT2D eigenvalue weighted by Crippen LogP contribution is -2.36. The zero-order valence-corrected chi connectivity index (χ0v) is 10.5. The first kappa shape index (κ1) is 13.5. The zero-order chi connectivity index (χ0) is 13.8. The van der Waals surface area contributed by atoms with E-state index in [-0.39, 0.29) is 24.1 Å². The van der Waals surface area contributed by atoms with Gasteiger partial charge in [-0.3, -0.25) is 10.1 Å². The topological polar surface area (TPSA) is 118 Å². The minimum absolute atomic E-state index is 0.0323.